The van der Waals surface area contributed by atoms with Gasteiger partial charge in [-0.3, -0.25) is 4.68 Å². The molecule has 1 aliphatic carbocycles. The van der Waals surface area contributed by atoms with Crippen molar-refractivity contribution in [2.24, 2.45) is 0 Å². The minimum Gasteiger partial charge on any atom is -0.300 e. The van der Waals surface area contributed by atoms with Gasteiger partial charge in [0.15, 0.2) is 0 Å². The first kappa shape index (κ1) is 11.9. The van der Waals surface area contributed by atoms with Crippen molar-refractivity contribution in [2.45, 2.75) is 37.1 Å². The summed E-state index contributed by atoms with van der Waals surface area (Å²) in [5, 5.41) is 4.95. The molecular formula is C11H20N4S. The van der Waals surface area contributed by atoms with Gasteiger partial charge in [0.05, 0.1) is 6.54 Å². The van der Waals surface area contributed by atoms with Crippen molar-refractivity contribution in [1.82, 2.24) is 19.7 Å². The van der Waals surface area contributed by atoms with Crippen LogP contribution in [-0.2, 0) is 6.54 Å². The molecule has 0 aromatic carbocycles. The smallest absolute Gasteiger partial charge is 0.137 e. The molecule has 0 N–H and O–H groups in total. The van der Waals surface area contributed by atoms with Crippen LogP contribution in [0.15, 0.2) is 12.7 Å². The van der Waals surface area contributed by atoms with Crippen molar-refractivity contribution in [3.05, 3.63) is 12.7 Å². The summed E-state index contributed by atoms with van der Waals surface area (Å²) in [4.78, 5) is 6.44. The molecule has 0 spiro atoms. The van der Waals surface area contributed by atoms with E-state index in [0.717, 1.165) is 24.4 Å². The Morgan fingerprint density at radius 1 is 1.50 bits per heavy atom. The largest absolute Gasteiger partial charge is 0.300 e. The molecule has 5 heteroatoms. The zero-order chi connectivity index (χ0) is 11.4. The molecular weight excluding hydrogens is 220 g/mol. The number of rotatable bonds is 5. The molecule has 1 heterocycles. The summed E-state index contributed by atoms with van der Waals surface area (Å²) in [5.74, 6) is 0. The SMILES string of the molecule is CS[C@H]1CCC[C@@H]1N(C)CCn1cncn1. The van der Waals surface area contributed by atoms with E-state index in [9.17, 15) is 0 Å². The van der Waals surface area contributed by atoms with Gasteiger partial charge >= 0.3 is 0 Å². The second kappa shape index (κ2) is 5.68. The van der Waals surface area contributed by atoms with Gasteiger partial charge in [0.25, 0.3) is 0 Å². The van der Waals surface area contributed by atoms with E-state index in [1.807, 2.05) is 16.4 Å². The van der Waals surface area contributed by atoms with Crippen LogP contribution in [-0.4, -0.2) is 50.8 Å². The molecule has 1 aromatic heterocycles. The van der Waals surface area contributed by atoms with Crippen LogP contribution in [0.1, 0.15) is 19.3 Å². The summed E-state index contributed by atoms with van der Waals surface area (Å²) in [5.41, 5.74) is 0. The average Bonchev–Trinajstić information content (AvgIpc) is 2.96. The quantitative estimate of drug-likeness (QED) is 0.781. The predicted molar refractivity (Wildman–Crippen MR) is 67.6 cm³/mol. The van der Waals surface area contributed by atoms with E-state index in [-0.39, 0.29) is 0 Å². The molecule has 1 aliphatic rings. The third-order valence-electron chi connectivity index (χ3n) is 3.43. The molecule has 4 nitrogen and oxygen atoms in total. The second-order valence-corrected chi connectivity index (χ2v) is 5.49. The third-order valence-corrected chi connectivity index (χ3v) is 4.59. The molecule has 1 aromatic rings. The molecule has 90 valence electrons. The Kier molecular flexibility index (Phi) is 4.23. The monoisotopic (exact) mass is 240 g/mol. The third kappa shape index (κ3) is 2.77. The van der Waals surface area contributed by atoms with Crippen LogP contribution in [0.2, 0.25) is 0 Å². The summed E-state index contributed by atoms with van der Waals surface area (Å²) in [6.07, 6.45) is 9.71. The molecule has 0 radical (unpaired) electrons. The van der Waals surface area contributed by atoms with E-state index in [4.69, 9.17) is 0 Å². The number of likely N-dealkylation sites (N-methyl/N-ethyl adjacent to an activating group) is 1. The van der Waals surface area contributed by atoms with Gasteiger partial charge in [-0.1, -0.05) is 6.42 Å². The molecule has 0 aliphatic heterocycles. The summed E-state index contributed by atoms with van der Waals surface area (Å²) in [6, 6.07) is 0.749. The van der Waals surface area contributed by atoms with E-state index in [1.165, 1.54) is 19.3 Å². The number of thioether (sulfide) groups is 1. The van der Waals surface area contributed by atoms with Crippen molar-refractivity contribution < 1.29 is 0 Å². The van der Waals surface area contributed by atoms with Crippen LogP contribution in [0.3, 0.4) is 0 Å². The van der Waals surface area contributed by atoms with E-state index >= 15 is 0 Å². The van der Waals surface area contributed by atoms with Crippen molar-refractivity contribution in [2.75, 3.05) is 19.8 Å². The Balaban J connectivity index is 1.81. The molecule has 0 bridgehead atoms. The first-order valence-electron chi connectivity index (χ1n) is 5.86. The zero-order valence-electron chi connectivity index (χ0n) is 10.0. The van der Waals surface area contributed by atoms with Gasteiger partial charge in [-0.05, 0) is 26.1 Å². The fourth-order valence-corrected chi connectivity index (χ4v) is 3.52. The van der Waals surface area contributed by atoms with Crippen molar-refractivity contribution in [3.63, 3.8) is 0 Å². The molecule has 2 atom stereocenters. The maximum Gasteiger partial charge on any atom is 0.137 e. The number of hydrogen-bond donors (Lipinski definition) is 0. The second-order valence-electron chi connectivity index (χ2n) is 4.41. The van der Waals surface area contributed by atoms with Crippen LogP contribution >= 0.6 is 11.8 Å². The van der Waals surface area contributed by atoms with Gasteiger partial charge in [0.2, 0.25) is 0 Å². The highest BCUT2D eigenvalue weighted by molar-refractivity contribution is 7.99. The Morgan fingerprint density at radius 3 is 3.06 bits per heavy atom. The van der Waals surface area contributed by atoms with Crippen LogP contribution in [0.4, 0.5) is 0 Å². The summed E-state index contributed by atoms with van der Waals surface area (Å²) >= 11 is 2.02. The summed E-state index contributed by atoms with van der Waals surface area (Å²) in [6.45, 7) is 2.00. The Labute approximate surface area is 101 Å². The maximum absolute atomic E-state index is 4.13. The fraction of sp³-hybridized carbons (Fsp3) is 0.818. The minimum absolute atomic E-state index is 0.749. The van der Waals surface area contributed by atoms with Crippen molar-refractivity contribution >= 4 is 11.8 Å². The Bertz CT molecular complexity index is 301. The maximum atomic E-state index is 4.13. The molecule has 0 saturated heterocycles. The normalized spacial score (nSPS) is 25.4. The van der Waals surface area contributed by atoms with E-state index in [0.29, 0.717) is 0 Å². The minimum atomic E-state index is 0.749. The first-order valence-corrected chi connectivity index (χ1v) is 7.15. The first-order chi connectivity index (χ1) is 7.81. The predicted octanol–water partition coefficient (Wildman–Crippen LogP) is 1.49. The molecule has 0 unspecified atom stereocenters. The fourth-order valence-electron chi connectivity index (χ4n) is 2.46. The topological polar surface area (TPSA) is 34.0 Å². The highest BCUT2D eigenvalue weighted by Gasteiger charge is 2.29. The van der Waals surface area contributed by atoms with Gasteiger partial charge in [-0.15, -0.1) is 0 Å². The lowest BCUT2D eigenvalue weighted by Gasteiger charge is -2.28. The van der Waals surface area contributed by atoms with Crippen LogP contribution in [0.25, 0.3) is 0 Å². The molecule has 0 amide bonds. The summed E-state index contributed by atoms with van der Waals surface area (Å²) < 4.78 is 1.90. The number of nitrogens with zero attached hydrogens (tertiary/aromatic N) is 4. The van der Waals surface area contributed by atoms with Crippen LogP contribution in [0.5, 0.6) is 0 Å². The van der Waals surface area contributed by atoms with Gasteiger partial charge in [0.1, 0.15) is 12.7 Å². The van der Waals surface area contributed by atoms with E-state index in [1.54, 1.807) is 12.7 Å². The number of aromatic nitrogens is 3. The lowest BCUT2D eigenvalue weighted by Crippen LogP contribution is -2.38. The summed E-state index contributed by atoms with van der Waals surface area (Å²) in [7, 11) is 2.23. The van der Waals surface area contributed by atoms with E-state index < -0.39 is 0 Å². The Morgan fingerprint density at radius 2 is 2.38 bits per heavy atom. The lowest BCUT2D eigenvalue weighted by atomic mass is 10.2. The van der Waals surface area contributed by atoms with Crippen molar-refractivity contribution in [3.8, 4) is 0 Å². The zero-order valence-corrected chi connectivity index (χ0v) is 10.9. The average molecular weight is 240 g/mol. The highest BCUT2D eigenvalue weighted by Crippen LogP contribution is 2.31. The van der Waals surface area contributed by atoms with Gasteiger partial charge in [-0.25, -0.2) is 4.98 Å². The van der Waals surface area contributed by atoms with Gasteiger partial charge in [0, 0.05) is 17.8 Å². The number of hydrogen-bond acceptors (Lipinski definition) is 4. The standard InChI is InChI=1S/C11H20N4S/c1-14(6-7-15-9-12-8-13-15)10-4-3-5-11(10)16-2/h8-11H,3-7H2,1-2H3/t10-,11-/m0/s1. The highest BCUT2D eigenvalue weighted by atomic mass is 32.2. The molecule has 2 rings (SSSR count). The van der Waals surface area contributed by atoms with Gasteiger partial charge < -0.3 is 4.90 Å². The van der Waals surface area contributed by atoms with Crippen molar-refractivity contribution in [1.29, 1.82) is 0 Å². The molecule has 1 saturated carbocycles. The van der Waals surface area contributed by atoms with Gasteiger partial charge in [-0.2, -0.15) is 16.9 Å². The molecule has 16 heavy (non-hydrogen) atoms. The molecule has 1 fully saturated rings. The Hall–Kier alpha value is -0.550. The van der Waals surface area contributed by atoms with E-state index in [2.05, 4.69) is 28.3 Å². The van der Waals surface area contributed by atoms with Crippen LogP contribution < -0.4 is 0 Å². The van der Waals surface area contributed by atoms with Crippen LogP contribution in [0, 0.1) is 0 Å². The lowest BCUT2D eigenvalue weighted by molar-refractivity contribution is 0.237.